The van der Waals surface area contributed by atoms with Gasteiger partial charge in [0, 0.05) is 25.4 Å². The monoisotopic (exact) mass is 388 g/mol. The average Bonchev–Trinajstić information content (AvgIpc) is 3.39. The van der Waals surface area contributed by atoms with Crippen molar-refractivity contribution in [2.24, 2.45) is 5.16 Å². The Balaban J connectivity index is 1.31. The molecule has 1 amide bonds. The second-order valence-electron chi connectivity index (χ2n) is 8.13. The van der Waals surface area contributed by atoms with Crippen LogP contribution < -0.4 is 0 Å². The molecule has 3 aromatic rings. The van der Waals surface area contributed by atoms with Crippen LogP contribution in [0.5, 0.6) is 0 Å². The van der Waals surface area contributed by atoms with Gasteiger partial charge in [0.05, 0.1) is 16.7 Å². The van der Waals surface area contributed by atoms with Crippen LogP contribution in [-0.4, -0.2) is 45.2 Å². The molecule has 2 aromatic carbocycles. The van der Waals surface area contributed by atoms with E-state index in [2.05, 4.69) is 10.1 Å². The van der Waals surface area contributed by atoms with E-state index < -0.39 is 5.60 Å². The third-order valence-corrected chi connectivity index (χ3v) is 5.92. The summed E-state index contributed by atoms with van der Waals surface area (Å²) in [5.41, 5.74) is 2.90. The van der Waals surface area contributed by atoms with Gasteiger partial charge in [-0.2, -0.15) is 0 Å². The Morgan fingerprint density at radius 2 is 1.97 bits per heavy atom. The Labute approximate surface area is 169 Å². The zero-order valence-corrected chi connectivity index (χ0v) is 16.5. The molecule has 1 N–H and O–H groups in total. The first-order chi connectivity index (χ1) is 14.1. The van der Waals surface area contributed by atoms with E-state index in [0.717, 1.165) is 47.5 Å². The van der Waals surface area contributed by atoms with Crippen molar-refractivity contribution in [1.82, 2.24) is 14.9 Å². The number of para-hydroxylation sites is 2. The molecule has 6 nitrogen and oxygen atoms in total. The molecule has 29 heavy (non-hydrogen) atoms. The minimum Gasteiger partial charge on any atom is -0.379 e. The first kappa shape index (κ1) is 17.9. The van der Waals surface area contributed by atoms with E-state index in [1.807, 2.05) is 66.4 Å². The standard InChI is InChI=1S/C23H24N4O2/c1-23(14-20(26-29-23)16-8-3-2-4-9-16)22(28)27-13-7-10-17(15-27)21-24-18-11-5-6-12-19(18)25-21/h2-6,8-9,11-12,17H,7,10,13-15H2,1H3,(H,24,25). The fraction of sp³-hybridized carbons (Fsp3) is 0.348. The Bertz CT molecular complexity index is 1040. The van der Waals surface area contributed by atoms with E-state index in [1.165, 1.54) is 0 Å². The maximum atomic E-state index is 13.3. The van der Waals surface area contributed by atoms with Crippen LogP contribution in [0.1, 0.15) is 43.5 Å². The number of aromatic nitrogens is 2. The predicted molar refractivity (Wildman–Crippen MR) is 112 cm³/mol. The molecule has 2 atom stereocenters. The molecule has 2 unspecified atom stereocenters. The summed E-state index contributed by atoms with van der Waals surface area (Å²) in [5.74, 6) is 1.18. The van der Waals surface area contributed by atoms with Gasteiger partial charge in [-0.15, -0.1) is 0 Å². The number of piperidine rings is 1. The van der Waals surface area contributed by atoms with Crippen LogP contribution in [0.15, 0.2) is 59.8 Å². The van der Waals surface area contributed by atoms with Crippen molar-refractivity contribution in [1.29, 1.82) is 0 Å². The van der Waals surface area contributed by atoms with Gasteiger partial charge >= 0.3 is 0 Å². The molecule has 0 saturated carbocycles. The minimum atomic E-state index is -0.944. The number of aromatic amines is 1. The molecule has 1 fully saturated rings. The number of hydrogen-bond acceptors (Lipinski definition) is 4. The molecule has 6 heteroatoms. The van der Waals surface area contributed by atoms with Crippen LogP contribution in [0, 0.1) is 0 Å². The number of rotatable bonds is 3. The topological polar surface area (TPSA) is 70.6 Å². The van der Waals surface area contributed by atoms with Crippen molar-refractivity contribution in [3.63, 3.8) is 0 Å². The highest BCUT2D eigenvalue weighted by atomic mass is 16.7. The quantitative estimate of drug-likeness (QED) is 0.741. The predicted octanol–water partition coefficient (Wildman–Crippen LogP) is 3.85. The molecule has 1 saturated heterocycles. The van der Waals surface area contributed by atoms with Crippen LogP contribution in [0.4, 0.5) is 0 Å². The lowest BCUT2D eigenvalue weighted by Gasteiger charge is -2.35. The number of likely N-dealkylation sites (tertiary alicyclic amines) is 1. The highest BCUT2D eigenvalue weighted by molar-refractivity contribution is 6.05. The van der Waals surface area contributed by atoms with Gasteiger partial charge in [0.1, 0.15) is 5.82 Å². The van der Waals surface area contributed by atoms with Gasteiger partial charge in [-0.25, -0.2) is 4.98 Å². The van der Waals surface area contributed by atoms with Crippen LogP contribution in [0.25, 0.3) is 11.0 Å². The molecule has 2 aliphatic heterocycles. The number of fused-ring (bicyclic) bond motifs is 1. The second kappa shape index (κ2) is 7.03. The molecule has 0 spiro atoms. The van der Waals surface area contributed by atoms with E-state index in [4.69, 9.17) is 9.82 Å². The number of nitrogens with one attached hydrogen (secondary N) is 1. The van der Waals surface area contributed by atoms with Crippen LogP contribution >= 0.6 is 0 Å². The van der Waals surface area contributed by atoms with Gasteiger partial charge in [-0.05, 0) is 37.5 Å². The van der Waals surface area contributed by atoms with E-state index in [1.54, 1.807) is 0 Å². The molecule has 5 rings (SSSR count). The Kier molecular flexibility index (Phi) is 4.34. The van der Waals surface area contributed by atoms with Gasteiger partial charge in [0.2, 0.25) is 5.60 Å². The van der Waals surface area contributed by atoms with Gasteiger partial charge in [0.15, 0.2) is 0 Å². The number of imidazole rings is 1. The number of carbonyl (C=O) groups is 1. The lowest BCUT2D eigenvalue weighted by atomic mass is 9.91. The fourth-order valence-corrected chi connectivity index (χ4v) is 4.33. The molecule has 1 aromatic heterocycles. The zero-order valence-electron chi connectivity index (χ0n) is 16.5. The third-order valence-electron chi connectivity index (χ3n) is 5.92. The first-order valence-corrected chi connectivity index (χ1v) is 10.2. The van der Waals surface area contributed by atoms with Crippen LogP contribution in [0.3, 0.4) is 0 Å². The van der Waals surface area contributed by atoms with Gasteiger partial charge in [-0.3, -0.25) is 4.79 Å². The summed E-state index contributed by atoms with van der Waals surface area (Å²) in [7, 11) is 0. The molecule has 0 radical (unpaired) electrons. The van der Waals surface area contributed by atoms with E-state index in [9.17, 15) is 4.79 Å². The van der Waals surface area contributed by atoms with E-state index in [0.29, 0.717) is 13.0 Å². The normalized spacial score (nSPS) is 24.4. The van der Waals surface area contributed by atoms with Gasteiger partial charge < -0.3 is 14.7 Å². The second-order valence-corrected chi connectivity index (χ2v) is 8.13. The number of oxime groups is 1. The smallest absolute Gasteiger partial charge is 0.269 e. The Morgan fingerprint density at radius 1 is 1.17 bits per heavy atom. The van der Waals surface area contributed by atoms with E-state index in [-0.39, 0.29) is 11.8 Å². The summed E-state index contributed by atoms with van der Waals surface area (Å²) in [4.78, 5) is 29.1. The lowest BCUT2D eigenvalue weighted by molar-refractivity contribution is -0.154. The Morgan fingerprint density at radius 3 is 2.79 bits per heavy atom. The molecule has 3 heterocycles. The highest BCUT2D eigenvalue weighted by Crippen LogP contribution is 2.32. The molecule has 0 aliphatic carbocycles. The largest absolute Gasteiger partial charge is 0.379 e. The first-order valence-electron chi connectivity index (χ1n) is 10.2. The summed E-state index contributed by atoms with van der Waals surface area (Å²) in [6.07, 6.45) is 2.46. The summed E-state index contributed by atoms with van der Waals surface area (Å²) < 4.78 is 0. The van der Waals surface area contributed by atoms with Crippen LogP contribution in [-0.2, 0) is 9.63 Å². The molecular weight excluding hydrogens is 364 g/mol. The van der Waals surface area contributed by atoms with Crippen molar-refractivity contribution in [3.8, 4) is 0 Å². The SMILES string of the molecule is CC1(C(=O)N2CCCC(c3nc4ccccc4[nH]3)C2)CC(c2ccccc2)=NO1. The van der Waals surface area contributed by atoms with Crippen molar-refractivity contribution in [2.75, 3.05) is 13.1 Å². The Hall–Kier alpha value is -3.15. The number of carbonyl (C=O) groups excluding carboxylic acids is 1. The molecular formula is C23H24N4O2. The lowest BCUT2D eigenvalue weighted by Crippen LogP contribution is -2.50. The van der Waals surface area contributed by atoms with Crippen molar-refractivity contribution < 1.29 is 9.63 Å². The number of amides is 1. The molecule has 148 valence electrons. The van der Waals surface area contributed by atoms with Crippen LogP contribution in [0.2, 0.25) is 0 Å². The van der Waals surface area contributed by atoms with Gasteiger partial charge in [0.25, 0.3) is 5.91 Å². The summed E-state index contributed by atoms with van der Waals surface area (Å²) in [5, 5.41) is 4.23. The summed E-state index contributed by atoms with van der Waals surface area (Å²) >= 11 is 0. The summed E-state index contributed by atoms with van der Waals surface area (Å²) in [6, 6.07) is 17.9. The maximum absolute atomic E-state index is 13.3. The zero-order chi connectivity index (χ0) is 19.8. The fourth-order valence-electron chi connectivity index (χ4n) is 4.33. The number of hydrogen-bond donors (Lipinski definition) is 1. The molecule has 2 aliphatic rings. The van der Waals surface area contributed by atoms with Crippen molar-refractivity contribution >= 4 is 22.7 Å². The maximum Gasteiger partial charge on any atom is 0.269 e. The number of benzene rings is 2. The highest BCUT2D eigenvalue weighted by Gasteiger charge is 2.45. The number of H-pyrrole nitrogens is 1. The molecule has 0 bridgehead atoms. The average molecular weight is 388 g/mol. The number of nitrogens with zero attached hydrogens (tertiary/aromatic N) is 3. The third kappa shape index (κ3) is 3.28. The van der Waals surface area contributed by atoms with Crippen molar-refractivity contribution in [3.05, 3.63) is 66.0 Å². The minimum absolute atomic E-state index is 0.00740. The van der Waals surface area contributed by atoms with E-state index >= 15 is 0 Å². The van der Waals surface area contributed by atoms with Crippen molar-refractivity contribution in [2.45, 2.75) is 37.7 Å². The summed E-state index contributed by atoms with van der Waals surface area (Å²) in [6.45, 7) is 3.24. The van der Waals surface area contributed by atoms with Gasteiger partial charge in [-0.1, -0.05) is 47.6 Å².